The first-order valence-corrected chi connectivity index (χ1v) is 4.20. The van der Waals surface area contributed by atoms with E-state index < -0.39 is 11.9 Å². The summed E-state index contributed by atoms with van der Waals surface area (Å²) in [6.07, 6.45) is 1.11. The Morgan fingerprint density at radius 2 is 2.20 bits per heavy atom. The van der Waals surface area contributed by atoms with E-state index in [1.807, 2.05) is 0 Å². The molecule has 0 atom stereocenters. The molecule has 0 aliphatic heterocycles. The van der Waals surface area contributed by atoms with Crippen molar-refractivity contribution in [2.24, 2.45) is 0 Å². The summed E-state index contributed by atoms with van der Waals surface area (Å²) in [5.41, 5.74) is 5.92. The van der Waals surface area contributed by atoms with Crippen LogP contribution in [-0.4, -0.2) is 28.6 Å². The van der Waals surface area contributed by atoms with Crippen LogP contribution in [0.25, 0.3) is 0 Å². The monoisotopic (exact) mass is 210 g/mol. The molecule has 0 aromatic carbocycles. The summed E-state index contributed by atoms with van der Waals surface area (Å²) in [5.74, 6) is -1.68. The van der Waals surface area contributed by atoms with Crippen molar-refractivity contribution in [1.82, 2.24) is 4.98 Å². The van der Waals surface area contributed by atoms with Gasteiger partial charge in [0.2, 0.25) is 0 Å². The van der Waals surface area contributed by atoms with E-state index in [0.29, 0.717) is 5.69 Å². The van der Waals surface area contributed by atoms with Crippen molar-refractivity contribution in [3.8, 4) is 0 Å². The van der Waals surface area contributed by atoms with Crippen molar-refractivity contribution in [2.45, 2.75) is 6.42 Å². The molecule has 0 saturated heterocycles. The smallest absolute Gasteiger partial charge is 0.356 e. The van der Waals surface area contributed by atoms with E-state index in [2.05, 4.69) is 9.72 Å². The van der Waals surface area contributed by atoms with Gasteiger partial charge in [-0.25, -0.2) is 9.78 Å². The lowest BCUT2D eigenvalue weighted by Crippen LogP contribution is -2.11. The standard InChI is InChI=1S/C9H10N2O4/c10-6-1-2-7(11-5-6)9(14)15-4-3-8(12)13/h1-2,5H,3-4,10H2,(H,12,13). The van der Waals surface area contributed by atoms with Gasteiger partial charge < -0.3 is 15.6 Å². The summed E-state index contributed by atoms with van der Waals surface area (Å²) in [6.45, 7) is -0.166. The molecule has 80 valence electrons. The van der Waals surface area contributed by atoms with Gasteiger partial charge in [0.15, 0.2) is 0 Å². The molecule has 0 unspecified atom stereocenters. The molecule has 1 aromatic heterocycles. The Hall–Kier alpha value is -2.11. The van der Waals surface area contributed by atoms with Crippen LogP contribution in [0.15, 0.2) is 18.3 Å². The average Bonchev–Trinajstić information content (AvgIpc) is 2.18. The molecule has 0 bridgehead atoms. The summed E-state index contributed by atoms with van der Waals surface area (Å²) in [5, 5.41) is 8.31. The Labute approximate surface area is 85.7 Å². The SMILES string of the molecule is Nc1ccc(C(=O)OCCC(=O)O)nc1. The number of hydrogen-bond donors (Lipinski definition) is 2. The molecule has 0 spiro atoms. The fourth-order valence-corrected chi connectivity index (χ4v) is 0.831. The molecule has 1 aromatic rings. The molecule has 1 heterocycles. The number of nitrogens with two attached hydrogens (primary N) is 1. The number of ether oxygens (including phenoxy) is 1. The molecule has 6 heteroatoms. The summed E-state index contributed by atoms with van der Waals surface area (Å²) < 4.78 is 4.66. The van der Waals surface area contributed by atoms with E-state index in [-0.39, 0.29) is 18.7 Å². The Morgan fingerprint density at radius 3 is 2.73 bits per heavy atom. The number of pyridine rings is 1. The van der Waals surface area contributed by atoms with Crippen LogP contribution in [0.3, 0.4) is 0 Å². The number of nitrogen functional groups attached to an aromatic ring is 1. The summed E-state index contributed by atoms with van der Waals surface area (Å²) in [4.78, 5) is 25.1. The quantitative estimate of drug-likeness (QED) is 0.692. The fourth-order valence-electron chi connectivity index (χ4n) is 0.831. The molecule has 6 nitrogen and oxygen atoms in total. The van der Waals surface area contributed by atoms with Gasteiger partial charge in [-0.05, 0) is 12.1 Å². The van der Waals surface area contributed by atoms with Gasteiger partial charge in [-0.1, -0.05) is 0 Å². The highest BCUT2D eigenvalue weighted by Crippen LogP contribution is 2.02. The van der Waals surface area contributed by atoms with Crippen LogP contribution in [0.4, 0.5) is 5.69 Å². The number of esters is 1. The number of aromatic nitrogens is 1. The molecular formula is C9H10N2O4. The molecule has 0 aliphatic rings. The third-order valence-corrected chi connectivity index (χ3v) is 1.54. The third-order valence-electron chi connectivity index (χ3n) is 1.54. The van der Waals surface area contributed by atoms with E-state index in [1.54, 1.807) is 0 Å². The lowest BCUT2D eigenvalue weighted by atomic mass is 10.3. The summed E-state index contributed by atoms with van der Waals surface area (Å²) in [7, 11) is 0. The lowest BCUT2D eigenvalue weighted by molar-refractivity contribution is -0.137. The fraction of sp³-hybridized carbons (Fsp3) is 0.222. The second kappa shape index (κ2) is 4.94. The normalized spacial score (nSPS) is 9.60. The van der Waals surface area contributed by atoms with E-state index in [4.69, 9.17) is 10.8 Å². The van der Waals surface area contributed by atoms with Gasteiger partial charge in [0.25, 0.3) is 0 Å². The zero-order valence-corrected chi connectivity index (χ0v) is 7.84. The van der Waals surface area contributed by atoms with Gasteiger partial charge in [-0.2, -0.15) is 0 Å². The van der Waals surface area contributed by atoms with E-state index in [0.717, 1.165) is 0 Å². The molecule has 15 heavy (non-hydrogen) atoms. The Morgan fingerprint density at radius 1 is 1.47 bits per heavy atom. The minimum Gasteiger partial charge on any atom is -0.481 e. The zero-order valence-electron chi connectivity index (χ0n) is 7.84. The molecule has 0 saturated carbocycles. The van der Waals surface area contributed by atoms with Crippen molar-refractivity contribution >= 4 is 17.6 Å². The maximum absolute atomic E-state index is 11.2. The second-order valence-corrected chi connectivity index (χ2v) is 2.76. The van der Waals surface area contributed by atoms with E-state index >= 15 is 0 Å². The number of carbonyl (C=O) groups is 2. The Balaban J connectivity index is 2.47. The maximum Gasteiger partial charge on any atom is 0.356 e. The average molecular weight is 210 g/mol. The number of carboxylic acid groups (broad SMARTS) is 1. The van der Waals surface area contributed by atoms with Crippen LogP contribution >= 0.6 is 0 Å². The maximum atomic E-state index is 11.2. The molecule has 3 N–H and O–H groups in total. The van der Waals surface area contributed by atoms with Gasteiger partial charge in [0.05, 0.1) is 18.3 Å². The number of hydrogen-bond acceptors (Lipinski definition) is 5. The summed E-state index contributed by atoms with van der Waals surface area (Å²) >= 11 is 0. The molecule has 0 radical (unpaired) electrons. The molecule has 0 aliphatic carbocycles. The zero-order chi connectivity index (χ0) is 11.3. The van der Waals surface area contributed by atoms with Gasteiger partial charge in [0.1, 0.15) is 12.3 Å². The number of anilines is 1. The number of rotatable bonds is 4. The first-order valence-electron chi connectivity index (χ1n) is 4.20. The van der Waals surface area contributed by atoms with Gasteiger partial charge >= 0.3 is 11.9 Å². The molecule has 1 rings (SSSR count). The second-order valence-electron chi connectivity index (χ2n) is 2.76. The van der Waals surface area contributed by atoms with Crippen molar-refractivity contribution in [3.63, 3.8) is 0 Å². The highest BCUT2D eigenvalue weighted by atomic mass is 16.5. The highest BCUT2D eigenvalue weighted by molar-refractivity contribution is 5.87. The Kier molecular flexibility index (Phi) is 3.61. The molecule has 0 amide bonds. The van der Waals surface area contributed by atoms with Gasteiger partial charge in [-0.15, -0.1) is 0 Å². The molecule has 0 fully saturated rings. The third kappa shape index (κ3) is 3.63. The van der Waals surface area contributed by atoms with Crippen LogP contribution in [-0.2, 0) is 9.53 Å². The van der Waals surface area contributed by atoms with Crippen molar-refractivity contribution < 1.29 is 19.4 Å². The van der Waals surface area contributed by atoms with E-state index in [1.165, 1.54) is 18.3 Å². The van der Waals surface area contributed by atoms with Crippen LogP contribution in [0.2, 0.25) is 0 Å². The van der Waals surface area contributed by atoms with Gasteiger partial charge in [0, 0.05) is 0 Å². The van der Waals surface area contributed by atoms with Crippen molar-refractivity contribution in [3.05, 3.63) is 24.0 Å². The van der Waals surface area contributed by atoms with Crippen LogP contribution < -0.4 is 5.73 Å². The first kappa shape index (κ1) is 11.0. The summed E-state index contributed by atoms with van der Waals surface area (Å²) in [6, 6.07) is 2.93. The lowest BCUT2D eigenvalue weighted by Gasteiger charge is -2.02. The largest absolute Gasteiger partial charge is 0.481 e. The predicted octanol–water partition coefficient (Wildman–Crippen LogP) is 0.295. The minimum absolute atomic E-state index is 0.106. The van der Waals surface area contributed by atoms with Crippen LogP contribution in [0.1, 0.15) is 16.9 Å². The molecular weight excluding hydrogens is 200 g/mol. The van der Waals surface area contributed by atoms with Crippen molar-refractivity contribution in [1.29, 1.82) is 0 Å². The Bertz CT molecular complexity index is 361. The highest BCUT2D eigenvalue weighted by Gasteiger charge is 2.08. The van der Waals surface area contributed by atoms with Gasteiger partial charge in [-0.3, -0.25) is 4.79 Å². The first-order chi connectivity index (χ1) is 7.09. The van der Waals surface area contributed by atoms with Crippen molar-refractivity contribution in [2.75, 3.05) is 12.3 Å². The number of aliphatic carboxylic acids is 1. The number of carbonyl (C=O) groups excluding carboxylic acids is 1. The predicted molar refractivity (Wildman–Crippen MR) is 51.2 cm³/mol. The topological polar surface area (TPSA) is 103 Å². The number of nitrogens with zero attached hydrogens (tertiary/aromatic N) is 1. The van der Waals surface area contributed by atoms with E-state index in [9.17, 15) is 9.59 Å². The van der Waals surface area contributed by atoms with Crippen LogP contribution in [0.5, 0.6) is 0 Å². The van der Waals surface area contributed by atoms with Crippen LogP contribution in [0, 0.1) is 0 Å². The minimum atomic E-state index is -1.02. The number of carboxylic acids is 1.